The molecule has 0 aliphatic rings. The standard InChI is InChI=1S/C17H16N2O3/c1-22-14-9-7-12(8-10-14)11-15(16(18)20)19-17(21)13-5-3-2-4-6-13/h2-11H,1H3,(H2,18,20)(H,19,21)/b15-11+. The van der Waals surface area contributed by atoms with Gasteiger partial charge >= 0.3 is 0 Å². The number of hydrogen-bond acceptors (Lipinski definition) is 3. The summed E-state index contributed by atoms with van der Waals surface area (Å²) in [4.78, 5) is 23.6. The molecule has 22 heavy (non-hydrogen) atoms. The number of ether oxygens (including phenoxy) is 1. The highest BCUT2D eigenvalue weighted by atomic mass is 16.5. The molecule has 0 aliphatic heterocycles. The number of carbonyl (C=O) groups is 2. The molecule has 2 amide bonds. The van der Waals surface area contributed by atoms with Crippen molar-refractivity contribution in [2.75, 3.05) is 7.11 Å². The van der Waals surface area contributed by atoms with Crippen molar-refractivity contribution in [3.63, 3.8) is 0 Å². The normalized spacial score (nSPS) is 10.9. The fourth-order valence-electron chi connectivity index (χ4n) is 1.82. The molecule has 0 unspecified atom stereocenters. The smallest absolute Gasteiger partial charge is 0.265 e. The largest absolute Gasteiger partial charge is 0.497 e. The van der Waals surface area contributed by atoms with Gasteiger partial charge in [0, 0.05) is 5.56 Å². The molecule has 0 saturated heterocycles. The third-order valence-electron chi connectivity index (χ3n) is 2.98. The van der Waals surface area contributed by atoms with E-state index in [0.717, 1.165) is 5.56 Å². The minimum atomic E-state index is -0.708. The van der Waals surface area contributed by atoms with E-state index in [1.165, 1.54) is 6.08 Å². The van der Waals surface area contributed by atoms with Crippen molar-refractivity contribution in [1.82, 2.24) is 5.32 Å². The Balaban J connectivity index is 2.20. The summed E-state index contributed by atoms with van der Waals surface area (Å²) in [5, 5.41) is 2.53. The average Bonchev–Trinajstić information content (AvgIpc) is 2.55. The van der Waals surface area contributed by atoms with Crippen LogP contribution in [0.4, 0.5) is 0 Å². The number of rotatable bonds is 5. The molecule has 5 heteroatoms. The molecule has 0 bridgehead atoms. The van der Waals surface area contributed by atoms with Crippen LogP contribution in [0.3, 0.4) is 0 Å². The monoisotopic (exact) mass is 296 g/mol. The van der Waals surface area contributed by atoms with Gasteiger partial charge in [-0.05, 0) is 35.9 Å². The van der Waals surface area contributed by atoms with Crippen molar-refractivity contribution in [2.45, 2.75) is 0 Å². The Morgan fingerprint density at radius 1 is 1.05 bits per heavy atom. The number of amides is 2. The first-order valence-corrected chi connectivity index (χ1v) is 6.62. The van der Waals surface area contributed by atoms with Crippen molar-refractivity contribution < 1.29 is 14.3 Å². The van der Waals surface area contributed by atoms with E-state index in [0.29, 0.717) is 11.3 Å². The summed E-state index contributed by atoms with van der Waals surface area (Å²) in [6.45, 7) is 0. The number of methoxy groups -OCH3 is 1. The fraction of sp³-hybridized carbons (Fsp3) is 0.0588. The van der Waals surface area contributed by atoms with Crippen LogP contribution in [0.5, 0.6) is 5.75 Å². The highest BCUT2D eigenvalue weighted by Crippen LogP contribution is 2.13. The maximum Gasteiger partial charge on any atom is 0.265 e. The molecule has 0 aliphatic carbocycles. The number of nitrogens with one attached hydrogen (secondary N) is 1. The lowest BCUT2D eigenvalue weighted by molar-refractivity contribution is -0.114. The Morgan fingerprint density at radius 3 is 2.23 bits per heavy atom. The predicted octanol–water partition coefficient (Wildman–Crippen LogP) is 1.95. The molecule has 2 aromatic rings. The molecule has 2 aromatic carbocycles. The Labute approximate surface area is 128 Å². The first kappa shape index (κ1) is 15.3. The molecule has 0 spiro atoms. The average molecular weight is 296 g/mol. The van der Waals surface area contributed by atoms with Crippen molar-refractivity contribution >= 4 is 17.9 Å². The molecule has 0 aromatic heterocycles. The quantitative estimate of drug-likeness (QED) is 0.827. The zero-order chi connectivity index (χ0) is 15.9. The van der Waals surface area contributed by atoms with E-state index in [4.69, 9.17) is 10.5 Å². The van der Waals surface area contributed by atoms with Gasteiger partial charge in [0.05, 0.1) is 7.11 Å². The Kier molecular flexibility index (Phi) is 4.93. The lowest BCUT2D eigenvalue weighted by atomic mass is 10.1. The summed E-state index contributed by atoms with van der Waals surface area (Å²) >= 11 is 0. The molecule has 0 fully saturated rings. The summed E-state index contributed by atoms with van der Waals surface area (Å²) in [7, 11) is 1.57. The van der Waals surface area contributed by atoms with E-state index in [9.17, 15) is 9.59 Å². The molecule has 0 radical (unpaired) electrons. The third kappa shape index (κ3) is 3.96. The minimum absolute atomic E-state index is 0.0269. The molecule has 0 heterocycles. The number of primary amides is 1. The molecular formula is C17H16N2O3. The Bertz CT molecular complexity index is 692. The van der Waals surface area contributed by atoms with Crippen LogP contribution in [0.2, 0.25) is 0 Å². The molecule has 3 N–H and O–H groups in total. The van der Waals surface area contributed by atoms with Crippen molar-refractivity contribution in [3.8, 4) is 5.75 Å². The maximum atomic E-state index is 12.1. The van der Waals surface area contributed by atoms with Crippen LogP contribution in [-0.2, 0) is 4.79 Å². The molecular weight excluding hydrogens is 280 g/mol. The zero-order valence-electron chi connectivity index (χ0n) is 12.1. The second kappa shape index (κ2) is 7.08. The first-order valence-electron chi connectivity index (χ1n) is 6.62. The van der Waals surface area contributed by atoms with Gasteiger partial charge in [-0.3, -0.25) is 9.59 Å². The number of nitrogens with two attached hydrogens (primary N) is 1. The van der Waals surface area contributed by atoms with Gasteiger partial charge < -0.3 is 15.8 Å². The van der Waals surface area contributed by atoms with Gasteiger partial charge in [0.2, 0.25) is 0 Å². The van der Waals surface area contributed by atoms with Gasteiger partial charge in [-0.2, -0.15) is 0 Å². The van der Waals surface area contributed by atoms with Crippen molar-refractivity contribution in [3.05, 3.63) is 71.4 Å². The molecule has 112 valence electrons. The van der Waals surface area contributed by atoms with Gasteiger partial charge in [-0.25, -0.2) is 0 Å². The van der Waals surface area contributed by atoms with E-state index in [-0.39, 0.29) is 11.6 Å². The van der Waals surface area contributed by atoms with Crippen molar-refractivity contribution in [2.24, 2.45) is 5.73 Å². The molecule has 0 saturated carbocycles. The van der Waals surface area contributed by atoms with Crippen LogP contribution >= 0.6 is 0 Å². The van der Waals surface area contributed by atoms with Crippen LogP contribution in [0.15, 0.2) is 60.3 Å². The topological polar surface area (TPSA) is 81.4 Å². The molecule has 0 atom stereocenters. The predicted molar refractivity (Wildman–Crippen MR) is 84.1 cm³/mol. The maximum absolute atomic E-state index is 12.1. The summed E-state index contributed by atoms with van der Waals surface area (Å²) in [6.07, 6.45) is 1.52. The van der Waals surface area contributed by atoms with Crippen molar-refractivity contribution in [1.29, 1.82) is 0 Å². The third-order valence-corrected chi connectivity index (χ3v) is 2.98. The highest BCUT2D eigenvalue weighted by molar-refractivity contribution is 6.04. The highest BCUT2D eigenvalue weighted by Gasteiger charge is 2.11. The first-order chi connectivity index (χ1) is 10.6. The molecule has 5 nitrogen and oxygen atoms in total. The van der Waals surface area contributed by atoms with Gasteiger partial charge in [0.25, 0.3) is 11.8 Å². The summed E-state index contributed by atoms with van der Waals surface area (Å²) in [5.74, 6) is -0.398. The van der Waals surface area contributed by atoms with Gasteiger partial charge in [0.15, 0.2) is 0 Å². The van der Waals surface area contributed by atoms with E-state index in [2.05, 4.69) is 5.32 Å². The van der Waals surface area contributed by atoms with Crippen LogP contribution in [-0.4, -0.2) is 18.9 Å². The van der Waals surface area contributed by atoms with Crippen LogP contribution in [0.25, 0.3) is 6.08 Å². The number of hydrogen-bond donors (Lipinski definition) is 2. The van der Waals surface area contributed by atoms with Gasteiger partial charge in [-0.15, -0.1) is 0 Å². The van der Waals surface area contributed by atoms with E-state index in [1.807, 2.05) is 0 Å². The number of benzene rings is 2. The van der Waals surface area contributed by atoms with Gasteiger partial charge in [0.1, 0.15) is 11.4 Å². The fourth-order valence-corrected chi connectivity index (χ4v) is 1.82. The lowest BCUT2D eigenvalue weighted by Gasteiger charge is -2.07. The zero-order valence-corrected chi connectivity index (χ0v) is 12.1. The van der Waals surface area contributed by atoms with Crippen LogP contribution < -0.4 is 15.8 Å². The van der Waals surface area contributed by atoms with E-state index in [1.54, 1.807) is 61.7 Å². The van der Waals surface area contributed by atoms with Crippen LogP contribution in [0, 0.1) is 0 Å². The molecule has 2 rings (SSSR count). The van der Waals surface area contributed by atoms with Gasteiger partial charge in [-0.1, -0.05) is 30.3 Å². The number of carbonyl (C=O) groups excluding carboxylic acids is 2. The lowest BCUT2D eigenvalue weighted by Crippen LogP contribution is -2.31. The van der Waals surface area contributed by atoms with E-state index >= 15 is 0 Å². The summed E-state index contributed by atoms with van der Waals surface area (Å²) < 4.78 is 5.06. The summed E-state index contributed by atoms with van der Waals surface area (Å²) in [5.41, 5.74) is 6.52. The second-order valence-electron chi connectivity index (χ2n) is 4.52. The van der Waals surface area contributed by atoms with Crippen LogP contribution in [0.1, 0.15) is 15.9 Å². The Morgan fingerprint density at radius 2 is 1.68 bits per heavy atom. The second-order valence-corrected chi connectivity index (χ2v) is 4.52. The van der Waals surface area contributed by atoms with E-state index < -0.39 is 5.91 Å². The SMILES string of the molecule is COc1ccc(/C=C(/NC(=O)c2ccccc2)C(N)=O)cc1. The summed E-state index contributed by atoms with van der Waals surface area (Å²) in [6, 6.07) is 15.6. The minimum Gasteiger partial charge on any atom is -0.497 e. The Hall–Kier alpha value is -3.08.